The number of carbonyl (C=O) groups excluding carboxylic acids is 3. The number of β-lactam (4-membered cyclic amide) rings is 1. The van der Waals surface area contributed by atoms with Gasteiger partial charge in [-0.05, 0) is 29.3 Å². The zero-order valence-corrected chi connectivity index (χ0v) is 25.5. The van der Waals surface area contributed by atoms with E-state index in [1.165, 1.54) is 59.1 Å². The largest absolute Gasteiger partial charge is 0.508 e. The second kappa shape index (κ2) is 12.4. The molecule has 15 nitrogen and oxygen atoms in total. The molecule has 3 atom stereocenters. The third-order valence-electron chi connectivity index (χ3n) is 7.14. The van der Waals surface area contributed by atoms with E-state index in [4.69, 9.17) is 4.42 Å². The molecule has 1 fully saturated rings. The number of carboxylic acids is 1. The number of rotatable bonds is 9. The van der Waals surface area contributed by atoms with Crippen LogP contribution in [-0.2, 0) is 14.4 Å². The molecule has 2 aliphatic heterocycles. The number of thioether (sulfide) groups is 2. The van der Waals surface area contributed by atoms with Crippen molar-refractivity contribution in [3.05, 3.63) is 80.8 Å². The Morgan fingerprint density at radius 3 is 2.54 bits per heavy atom. The maximum atomic E-state index is 13.6. The van der Waals surface area contributed by atoms with Crippen molar-refractivity contribution in [2.75, 3.05) is 11.5 Å². The molecular formula is C28H21N5O10S3. The van der Waals surface area contributed by atoms with Gasteiger partial charge in [-0.3, -0.25) is 24.1 Å². The summed E-state index contributed by atoms with van der Waals surface area (Å²) in [6, 6.07) is 4.63. The average molecular weight is 684 g/mol. The van der Waals surface area contributed by atoms with Gasteiger partial charge in [-0.2, -0.15) is 0 Å². The minimum atomic E-state index is -1.47. The lowest BCUT2D eigenvalue weighted by molar-refractivity contribution is -0.151. The van der Waals surface area contributed by atoms with Gasteiger partial charge in [0, 0.05) is 17.6 Å². The van der Waals surface area contributed by atoms with E-state index in [9.17, 15) is 44.4 Å². The zero-order valence-electron chi connectivity index (χ0n) is 23.1. The molecule has 236 valence electrons. The lowest BCUT2D eigenvalue weighted by Crippen LogP contribution is -2.71. The van der Waals surface area contributed by atoms with E-state index in [-0.39, 0.29) is 39.5 Å². The molecule has 0 saturated carbocycles. The Bertz CT molecular complexity index is 1980. The Labute approximate surface area is 269 Å². The number of carbonyl (C=O) groups is 4. The Balaban J connectivity index is 1.23. The number of aromatic hydroxyl groups is 3. The summed E-state index contributed by atoms with van der Waals surface area (Å²) in [4.78, 5) is 66.6. The van der Waals surface area contributed by atoms with Crippen LogP contribution in [0.1, 0.15) is 22.0 Å². The number of amides is 3. The summed E-state index contributed by atoms with van der Waals surface area (Å²) in [5.74, 6) is -4.54. The van der Waals surface area contributed by atoms with Gasteiger partial charge >= 0.3 is 5.97 Å². The Kier molecular flexibility index (Phi) is 8.32. The van der Waals surface area contributed by atoms with Crippen LogP contribution < -0.4 is 16.1 Å². The number of phenols is 3. The van der Waals surface area contributed by atoms with Crippen molar-refractivity contribution in [2.24, 2.45) is 0 Å². The second-order valence-corrected chi connectivity index (χ2v) is 13.1. The lowest BCUT2D eigenvalue weighted by atomic mass is 10.0. The van der Waals surface area contributed by atoms with Crippen molar-refractivity contribution < 1.29 is 44.0 Å². The van der Waals surface area contributed by atoms with Crippen molar-refractivity contribution in [3.8, 4) is 17.2 Å². The smallest absolute Gasteiger partial charge is 0.352 e. The first-order valence-corrected chi connectivity index (χ1v) is 16.1. The topological polar surface area (TPSA) is 232 Å². The van der Waals surface area contributed by atoms with Gasteiger partial charge in [0.25, 0.3) is 11.8 Å². The van der Waals surface area contributed by atoms with Crippen LogP contribution >= 0.6 is 34.9 Å². The first-order chi connectivity index (χ1) is 22.0. The van der Waals surface area contributed by atoms with Crippen LogP contribution in [0.4, 0.5) is 0 Å². The number of nitrogens with zero attached hydrogens (tertiary/aromatic N) is 3. The summed E-state index contributed by atoms with van der Waals surface area (Å²) in [5, 5.41) is 51.0. The van der Waals surface area contributed by atoms with Crippen LogP contribution in [0.5, 0.6) is 17.2 Å². The van der Waals surface area contributed by atoms with E-state index in [1.54, 1.807) is 5.51 Å². The Morgan fingerprint density at radius 2 is 1.85 bits per heavy atom. The van der Waals surface area contributed by atoms with Crippen molar-refractivity contribution in [1.29, 1.82) is 0 Å². The van der Waals surface area contributed by atoms with Crippen molar-refractivity contribution >= 4 is 69.5 Å². The van der Waals surface area contributed by atoms with Gasteiger partial charge in [0.2, 0.25) is 11.3 Å². The fourth-order valence-corrected chi connectivity index (χ4v) is 7.87. The standard InChI is InChI=1S/C28H21N5O10S3/c34-13-3-1-11(2-4-13)19(30-23(38)15-7-43-18-6-17(36)16(35)5-14(18)22(15)37)24(39)31-20-25(40)33-21(27(41)42)12(8-44-26(20)33)9-45-28-32-29-10-46-28/h1-7,10,19-20,26,34-36H,8-9H2,(H,30,38)(H,31,39)(H,41,42)/t19?,20-,26+/m1/s1. The highest BCUT2D eigenvalue weighted by atomic mass is 32.2. The number of nitrogens with one attached hydrogen (secondary N) is 2. The van der Waals surface area contributed by atoms with Gasteiger partial charge in [-0.15, -0.1) is 22.0 Å². The summed E-state index contributed by atoms with van der Waals surface area (Å²) in [6.07, 6.45) is 0.842. The summed E-state index contributed by atoms with van der Waals surface area (Å²) >= 11 is 3.87. The van der Waals surface area contributed by atoms with E-state index in [1.807, 2.05) is 0 Å². The maximum Gasteiger partial charge on any atom is 0.352 e. The van der Waals surface area contributed by atoms with Crippen LogP contribution in [0.25, 0.3) is 11.0 Å². The van der Waals surface area contributed by atoms with Crippen LogP contribution in [-0.4, -0.2) is 82.1 Å². The molecule has 0 radical (unpaired) electrons. The average Bonchev–Trinajstić information content (AvgIpc) is 3.56. The Hall–Kier alpha value is -5.07. The molecule has 3 amide bonds. The number of benzene rings is 2. The molecule has 1 unspecified atom stereocenters. The van der Waals surface area contributed by atoms with E-state index in [0.29, 0.717) is 9.91 Å². The van der Waals surface area contributed by atoms with Crippen LogP contribution in [0.2, 0.25) is 0 Å². The Morgan fingerprint density at radius 1 is 1.11 bits per heavy atom. The molecule has 1 saturated heterocycles. The minimum Gasteiger partial charge on any atom is -0.508 e. The van der Waals surface area contributed by atoms with Gasteiger partial charge in [0.15, 0.2) is 15.8 Å². The number of phenolic OH excluding ortho intramolecular Hbond substituents is 3. The van der Waals surface area contributed by atoms with Gasteiger partial charge in [-0.1, -0.05) is 35.2 Å². The van der Waals surface area contributed by atoms with Crippen LogP contribution in [0, 0.1) is 0 Å². The monoisotopic (exact) mass is 683 g/mol. The van der Waals surface area contributed by atoms with E-state index >= 15 is 0 Å². The molecule has 0 spiro atoms. The molecule has 2 aliphatic rings. The van der Waals surface area contributed by atoms with Gasteiger partial charge in [0.1, 0.15) is 51.8 Å². The summed E-state index contributed by atoms with van der Waals surface area (Å²) in [7, 11) is 0. The molecule has 4 heterocycles. The van der Waals surface area contributed by atoms with Gasteiger partial charge in [-0.25, -0.2) is 4.79 Å². The fourth-order valence-electron chi connectivity index (χ4n) is 4.89. The predicted octanol–water partition coefficient (Wildman–Crippen LogP) is 1.76. The molecule has 46 heavy (non-hydrogen) atoms. The number of hydrogen-bond acceptors (Lipinski definition) is 14. The maximum absolute atomic E-state index is 13.6. The zero-order chi connectivity index (χ0) is 32.7. The van der Waals surface area contributed by atoms with E-state index < -0.39 is 63.6 Å². The number of hydrogen-bond donors (Lipinski definition) is 6. The normalized spacial score (nSPS) is 18.1. The van der Waals surface area contributed by atoms with Crippen molar-refractivity contribution in [2.45, 2.75) is 21.8 Å². The molecule has 0 aliphatic carbocycles. The molecule has 6 rings (SSSR count). The van der Waals surface area contributed by atoms with Crippen molar-refractivity contribution in [1.82, 2.24) is 25.7 Å². The first-order valence-electron chi connectivity index (χ1n) is 13.2. The number of aliphatic carboxylic acids is 1. The number of fused-ring (bicyclic) bond motifs is 2. The number of aromatic nitrogens is 2. The first kappa shape index (κ1) is 30.9. The van der Waals surface area contributed by atoms with Gasteiger partial charge in [0.05, 0.1) is 5.39 Å². The second-order valence-electron chi connectivity index (χ2n) is 9.96. The third kappa shape index (κ3) is 5.72. The summed E-state index contributed by atoms with van der Waals surface area (Å²) in [5.41, 5.74) is 0.627. The predicted molar refractivity (Wildman–Crippen MR) is 164 cm³/mol. The lowest BCUT2D eigenvalue weighted by Gasteiger charge is -2.49. The van der Waals surface area contributed by atoms with Crippen molar-refractivity contribution in [3.63, 3.8) is 0 Å². The quantitative estimate of drug-likeness (QED) is 0.0839. The number of carboxylic acid groups (broad SMARTS) is 1. The van der Waals surface area contributed by atoms with Gasteiger partial charge < -0.3 is 35.5 Å². The van der Waals surface area contributed by atoms with Crippen LogP contribution in [0.3, 0.4) is 0 Å². The highest BCUT2D eigenvalue weighted by Crippen LogP contribution is 2.42. The molecule has 2 aromatic carbocycles. The highest BCUT2D eigenvalue weighted by molar-refractivity contribution is 8.01. The molecular weight excluding hydrogens is 663 g/mol. The fraction of sp³-hybridized carbons (Fsp3) is 0.179. The minimum absolute atomic E-state index is 0.0977. The molecule has 18 heteroatoms. The summed E-state index contributed by atoms with van der Waals surface area (Å²) < 4.78 is 5.95. The SMILES string of the molecule is O=C(O)C1=C(CSc2nncs2)CS[C@H]2[C@H](NC(=O)C(NC(=O)c3coc4cc(O)c(O)cc4c3=O)c3ccc(O)cc3)C(=O)N12. The third-order valence-corrected chi connectivity index (χ3v) is 10.4. The molecule has 6 N–H and O–H groups in total. The molecule has 2 aromatic heterocycles. The van der Waals surface area contributed by atoms with E-state index in [0.717, 1.165) is 23.3 Å². The summed E-state index contributed by atoms with van der Waals surface area (Å²) in [6.45, 7) is 0. The highest BCUT2D eigenvalue weighted by Gasteiger charge is 2.54. The van der Waals surface area contributed by atoms with E-state index in [2.05, 4.69) is 20.8 Å². The van der Waals surface area contributed by atoms with Crippen LogP contribution in [0.15, 0.2) is 73.0 Å². The molecule has 0 bridgehead atoms. The molecule has 4 aromatic rings.